The zero-order valence-electron chi connectivity index (χ0n) is 16.9. The monoisotopic (exact) mass is 411 g/mol. The molecule has 0 amide bonds. The number of ether oxygens (including phenoxy) is 1. The van der Waals surface area contributed by atoms with Gasteiger partial charge in [-0.05, 0) is 30.9 Å². The van der Waals surface area contributed by atoms with Gasteiger partial charge < -0.3 is 25.0 Å². The Morgan fingerprint density at radius 2 is 2.00 bits per heavy atom. The van der Waals surface area contributed by atoms with E-state index in [0.717, 1.165) is 24.0 Å². The number of aliphatic hydroxyl groups excluding tert-OH is 3. The summed E-state index contributed by atoms with van der Waals surface area (Å²) < 4.78 is 7.12. The molecule has 1 saturated heterocycles. The van der Waals surface area contributed by atoms with E-state index >= 15 is 0 Å². The summed E-state index contributed by atoms with van der Waals surface area (Å²) in [5, 5.41) is 35.1. The molecule has 1 aromatic carbocycles. The van der Waals surface area contributed by atoms with Crippen molar-refractivity contribution in [2.45, 2.75) is 50.3 Å². The fourth-order valence-electron chi connectivity index (χ4n) is 4.64. The smallest absolute Gasteiger partial charge is 0.181 e. The maximum Gasteiger partial charge on any atom is 0.181 e. The summed E-state index contributed by atoms with van der Waals surface area (Å²) in [5.41, 5.74) is 3.18. The van der Waals surface area contributed by atoms with Gasteiger partial charge >= 0.3 is 0 Å². The molecule has 158 valence electrons. The lowest BCUT2D eigenvalue weighted by atomic mass is 10.1. The lowest BCUT2D eigenvalue weighted by Gasteiger charge is -2.27. The third-order valence-electron chi connectivity index (χ3n) is 6.21. The number of aryl methyl sites for hydroxylation is 2. The summed E-state index contributed by atoms with van der Waals surface area (Å²) in [6.45, 7) is 1.42. The molecule has 2 aliphatic rings. The number of anilines is 1. The quantitative estimate of drug-likeness (QED) is 0.579. The van der Waals surface area contributed by atoms with E-state index in [-0.39, 0.29) is 6.04 Å². The number of fused-ring (bicyclic) bond motifs is 2. The summed E-state index contributed by atoms with van der Waals surface area (Å²) in [7, 11) is 2.03. The van der Waals surface area contributed by atoms with Crippen LogP contribution in [0, 0.1) is 6.92 Å². The zero-order chi connectivity index (χ0) is 21.0. The number of hydrogen-bond acceptors (Lipinski definition) is 8. The second kappa shape index (κ2) is 7.28. The highest BCUT2D eigenvalue weighted by Crippen LogP contribution is 2.39. The topological polar surface area (TPSA) is 117 Å². The molecule has 3 aromatic rings. The molecule has 1 aliphatic carbocycles. The summed E-state index contributed by atoms with van der Waals surface area (Å²) in [6, 6.07) is 8.67. The van der Waals surface area contributed by atoms with Gasteiger partial charge in [-0.25, -0.2) is 14.6 Å². The number of aliphatic hydroxyl groups is 3. The van der Waals surface area contributed by atoms with Gasteiger partial charge in [0.2, 0.25) is 0 Å². The molecule has 9 nitrogen and oxygen atoms in total. The van der Waals surface area contributed by atoms with Crippen molar-refractivity contribution in [3.05, 3.63) is 47.4 Å². The summed E-state index contributed by atoms with van der Waals surface area (Å²) in [6.07, 6.45) is -0.527. The Labute approximate surface area is 173 Å². The van der Waals surface area contributed by atoms with Crippen LogP contribution < -0.4 is 4.90 Å². The second-order valence-corrected chi connectivity index (χ2v) is 8.01. The third kappa shape index (κ3) is 2.89. The van der Waals surface area contributed by atoms with Crippen molar-refractivity contribution in [2.75, 3.05) is 18.6 Å². The zero-order valence-corrected chi connectivity index (χ0v) is 16.9. The first-order chi connectivity index (χ1) is 14.5. The fourth-order valence-corrected chi connectivity index (χ4v) is 4.64. The van der Waals surface area contributed by atoms with Gasteiger partial charge in [0, 0.05) is 7.05 Å². The molecule has 2 aromatic heterocycles. The molecule has 0 radical (unpaired) electrons. The van der Waals surface area contributed by atoms with E-state index in [9.17, 15) is 15.3 Å². The average Bonchev–Trinajstić information content (AvgIpc) is 3.43. The molecule has 0 bridgehead atoms. The van der Waals surface area contributed by atoms with Crippen LogP contribution in [0.25, 0.3) is 11.0 Å². The molecule has 1 unspecified atom stereocenters. The van der Waals surface area contributed by atoms with Crippen LogP contribution in [0.15, 0.2) is 30.5 Å². The van der Waals surface area contributed by atoms with Gasteiger partial charge in [0.25, 0.3) is 0 Å². The van der Waals surface area contributed by atoms with Crippen molar-refractivity contribution in [1.29, 1.82) is 0 Å². The van der Waals surface area contributed by atoms with Crippen molar-refractivity contribution < 1.29 is 20.1 Å². The predicted octanol–water partition coefficient (Wildman–Crippen LogP) is 0.870. The molecular formula is C21H25N5O4. The van der Waals surface area contributed by atoms with Crippen molar-refractivity contribution in [2.24, 2.45) is 0 Å². The van der Waals surface area contributed by atoms with Crippen molar-refractivity contribution in [3.8, 4) is 0 Å². The normalized spacial score (nSPS) is 28.2. The Morgan fingerprint density at radius 1 is 1.20 bits per heavy atom. The summed E-state index contributed by atoms with van der Waals surface area (Å²) >= 11 is 0. The minimum atomic E-state index is -1.22. The van der Waals surface area contributed by atoms with E-state index in [1.165, 1.54) is 15.8 Å². The van der Waals surface area contributed by atoms with Crippen molar-refractivity contribution in [1.82, 2.24) is 19.7 Å². The van der Waals surface area contributed by atoms with Gasteiger partial charge in [-0.1, -0.05) is 24.3 Å². The number of benzene rings is 1. The van der Waals surface area contributed by atoms with Gasteiger partial charge in [-0.15, -0.1) is 0 Å². The molecule has 3 N–H and O–H groups in total. The van der Waals surface area contributed by atoms with Gasteiger partial charge in [0.15, 0.2) is 11.9 Å². The fraction of sp³-hybridized carbons (Fsp3) is 0.476. The third-order valence-corrected chi connectivity index (χ3v) is 6.21. The van der Waals surface area contributed by atoms with Crippen LogP contribution in [0.5, 0.6) is 0 Å². The van der Waals surface area contributed by atoms with Gasteiger partial charge in [-0.3, -0.25) is 0 Å². The molecule has 5 atom stereocenters. The van der Waals surface area contributed by atoms with E-state index in [0.29, 0.717) is 11.5 Å². The molecule has 0 spiro atoms. The maximum atomic E-state index is 10.4. The van der Waals surface area contributed by atoms with Gasteiger partial charge in [0.05, 0.1) is 24.2 Å². The molecular weight excluding hydrogens is 386 g/mol. The van der Waals surface area contributed by atoms with Gasteiger partial charge in [-0.2, -0.15) is 5.10 Å². The molecule has 1 fully saturated rings. The Kier molecular flexibility index (Phi) is 4.70. The van der Waals surface area contributed by atoms with Gasteiger partial charge in [0.1, 0.15) is 30.0 Å². The lowest BCUT2D eigenvalue weighted by Crippen LogP contribution is -2.33. The highest BCUT2D eigenvalue weighted by molar-refractivity contribution is 5.87. The Balaban J connectivity index is 1.55. The highest BCUT2D eigenvalue weighted by atomic mass is 16.6. The van der Waals surface area contributed by atoms with Crippen LogP contribution in [0.2, 0.25) is 0 Å². The molecule has 1 aliphatic heterocycles. The predicted molar refractivity (Wildman–Crippen MR) is 109 cm³/mol. The first-order valence-corrected chi connectivity index (χ1v) is 10.1. The van der Waals surface area contributed by atoms with E-state index in [4.69, 9.17) is 9.72 Å². The Morgan fingerprint density at radius 3 is 2.77 bits per heavy atom. The Bertz CT molecular complexity index is 1090. The standard InChI is InChI=1S/C21H25N5O4/c1-11-23-19(25(2)15-8-7-12-5-3-4-6-13(12)15)14-9-22-26(20(14)24-11)21-18(29)17(28)16(10-27)30-21/h3-6,9,15-18,21,27-29H,7-8,10H2,1-2H3/t15?,16-,17-,18-,21-/m1/s1. The lowest BCUT2D eigenvalue weighted by molar-refractivity contribution is -0.0566. The number of rotatable bonds is 4. The second-order valence-electron chi connectivity index (χ2n) is 8.01. The number of aromatic nitrogens is 4. The molecule has 5 rings (SSSR count). The van der Waals surface area contributed by atoms with Crippen LogP contribution in [-0.2, 0) is 11.2 Å². The van der Waals surface area contributed by atoms with Crippen LogP contribution in [0.3, 0.4) is 0 Å². The van der Waals surface area contributed by atoms with Crippen molar-refractivity contribution >= 4 is 16.9 Å². The van der Waals surface area contributed by atoms with Crippen LogP contribution >= 0.6 is 0 Å². The SMILES string of the molecule is Cc1nc(N(C)C2CCc3ccccc32)c2cnn([C@@H]3O[C@H](CO)[C@@H](O)[C@H]3O)c2n1. The molecule has 0 saturated carbocycles. The van der Waals surface area contributed by atoms with E-state index in [1.807, 2.05) is 14.0 Å². The van der Waals surface area contributed by atoms with Crippen molar-refractivity contribution in [3.63, 3.8) is 0 Å². The number of hydrogen-bond donors (Lipinski definition) is 3. The minimum Gasteiger partial charge on any atom is -0.394 e. The minimum absolute atomic E-state index is 0.205. The van der Waals surface area contributed by atoms with Crippen LogP contribution in [-0.4, -0.2) is 67.0 Å². The van der Waals surface area contributed by atoms with E-state index < -0.39 is 31.1 Å². The number of nitrogens with zero attached hydrogens (tertiary/aromatic N) is 5. The Hall–Kier alpha value is -2.59. The highest BCUT2D eigenvalue weighted by Gasteiger charge is 2.44. The summed E-state index contributed by atoms with van der Waals surface area (Å²) in [4.78, 5) is 11.4. The van der Waals surface area contributed by atoms with Crippen LogP contribution in [0.4, 0.5) is 5.82 Å². The molecule has 3 heterocycles. The average molecular weight is 411 g/mol. The summed E-state index contributed by atoms with van der Waals surface area (Å²) in [5.74, 6) is 1.33. The van der Waals surface area contributed by atoms with E-state index in [2.05, 4.69) is 39.2 Å². The first-order valence-electron chi connectivity index (χ1n) is 10.1. The van der Waals surface area contributed by atoms with E-state index in [1.54, 1.807) is 6.20 Å². The van der Waals surface area contributed by atoms with Crippen LogP contribution in [0.1, 0.15) is 35.6 Å². The maximum absolute atomic E-state index is 10.4. The molecule has 30 heavy (non-hydrogen) atoms. The first kappa shape index (κ1) is 19.4. The largest absolute Gasteiger partial charge is 0.394 e. The molecule has 9 heteroatoms.